The zero-order valence-corrected chi connectivity index (χ0v) is 10.6. The third kappa shape index (κ3) is 3.44. The normalized spacial score (nSPS) is 29.4. The second-order valence-corrected chi connectivity index (χ2v) is 5.15. The quantitative estimate of drug-likeness (QED) is 0.786. The fraction of sp³-hybridized carbons (Fsp3) is 1.00. The Bertz CT molecular complexity index is 192. The van der Waals surface area contributed by atoms with E-state index in [9.17, 15) is 0 Å². The first-order valence-corrected chi connectivity index (χ1v) is 6.92. The first-order valence-electron chi connectivity index (χ1n) is 6.92. The smallest absolute Gasteiger partial charge is 0.0480 e. The van der Waals surface area contributed by atoms with Crippen LogP contribution in [-0.2, 0) is 4.74 Å². The van der Waals surface area contributed by atoms with Crippen molar-refractivity contribution in [3.05, 3.63) is 0 Å². The molecule has 2 aliphatic heterocycles. The van der Waals surface area contributed by atoms with Crippen molar-refractivity contribution in [2.24, 2.45) is 5.92 Å². The van der Waals surface area contributed by atoms with E-state index in [1.54, 1.807) is 0 Å². The van der Waals surface area contributed by atoms with Gasteiger partial charge in [0.2, 0.25) is 0 Å². The zero-order chi connectivity index (χ0) is 11.2. The fourth-order valence-electron chi connectivity index (χ4n) is 2.99. The minimum absolute atomic E-state index is 0.804. The average molecular weight is 226 g/mol. The lowest BCUT2D eigenvalue weighted by Gasteiger charge is -2.40. The number of nitrogens with one attached hydrogen (secondary N) is 1. The van der Waals surface area contributed by atoms with Crippen molar-refractivity contribution in [2.45, 2.75) is 38.6 Å². The van der Waals surface area contributed by atoms with Crippen molar-refractivity contribution in [2.75, 3.05) is 39.4 Å². The number of nitrogens with zero attached hydrogens (tertiary/aromatic N) is 1. The molecule has 2 fully saturated rings. The van der Waals surface area contributed by atoms with Gasteiger partial charge in [-0.3, -0.25) is 4.90 Å². The van der Waals surface area contributed by atoms with Crippen LogP contribution in [0.15, 0.2) is 0 Å². The Labute approximate surface area is 99.5 Å². The molecule has 0 saturated carbocycles. The number of ether oxygens (including phenoxy) is 1. The molecule has 0 amide bonds. The highest BCUT2D eigenvalue weighted by atomic mass is 16.5. The highest BCUT2D eigenvalue weighted by Gasteiger charge is 2.26. The maximum absolute atomic E-state index is 5.44. The Balaban J connectivity index is 1.76. The molecule has 0 spiro atoms. The van der Waals surface area contributed by atoms with Crippen molar-refractivity contribution in [3.8, 4) is 0 Å². The van der Waals surface area contributed by atoms with Crippen LogP contribution in [0.5, 0.6) is 0 Å². The van der Waals surface area contributed by atoms with Gasteiger partial charge < -0.3 is 10.1 Å². The molecule has 2 rings (SSSR count). The monoisotopic (exact) mass is 226 g/mol. The molecule has 2 aliphatic rings. The fourth-order valence-corrected chi connectivity index (χ4v) is 2.99. The van der Waals surface area contributed by atoms with Crippen molar-refractivity contribution in [3.63, 3.8) is 0 Å². The van der Waals surface area contributed by atoms with Crippen LogP contribution in [0, 0.1) is 5.92 Å². The number of rotatable bonds is 4. The number of piperidine rings is 1. The summed E-state index contributed by atoms with van der Waals surface area (Å²) in [4.78, 5) is 2.72. The first-order chi connectivity index (χ1) is 7.90. The van der Waals surface area contributed by atoms with Gasteiger partial charge in [-0.05, 0) is 51.2 Å². The number of hydrogen-bond donors (Lipinski definition) is 1. The van der Waals surface area contributed by atoms with Crippen LogP contribution >= 0.6 is 0 Å². The second-order valence-electron chi connectivity index (χ2n) is 5.15. The van der Waals surface area contributed by atoms with Crippen LogP contribution in [0.3, 0.4) is 0 Å². The van der Waals surface area contributed by atoms with Crippen molar-refractivity contribution >= 4 is 0 Å². The Hall–Kier alpha value is -0.120. The summed E-state index contributed by atoms with van der Waals surface area (Å²) in [5.41, 5.74) is 0. The Morgan fingerprint density at radius 2 is 2.06 bits per heavy atom. The van der Waals surface area contributed by atoms with Crippen LogP contribution in [-0.4, -0.2) is 50.3 Å². The maximum atomic E-state index is 5.44. The standard InChI is InChI=1S/C13H26N2O/c1-2-14-10-12-4-3-7-15(11-12)13-5-8-16-9-6-13/h12-14H,2-11H2,1H3. The summed E-state index contributed by atoms with van der Waals surface area (Å²) in [5, 5.41) is 3.49. The summed E-state index contributed by atoms with van der Waals surface area (Å²) in [6.07, 6.45) is 5.28. The van der Waals surface area contributed by atoms with Crippen LogP contribution in [0.25, 0.3) is 0 Å². The summed E-state index contributed by atoms with van der Waals surface area (Å²) >= 11 is 0. The molecule has 2 heterocycles. The Morgan fingerprint density at radius 1 is 1.25 bits per heavy atom. The molecule has 0 radical (unpaired) electrons. The van der Waals surface area contributed by atoms with E-state index in [-0.39, 0.29) is 0 Å². The molecular weight excluding hydrogens is 200 g/mol. The minimum Gasteiger partial charge on any atom is -0.381 e. The molecule has 0 aromatic heterocycles. The molecule has 0 aromatic carbocycles. The Morgan fingerprint density at radius 3 is 2.81 bits per heavy atom. The summed E-state index contributed by atoms with van der Waals surface area (Å²) in [5.74, 6) is 0.872. The van der Waals surface area contributed by atoms with E-state index in [1.807, 2.05) is 0 Å². The van der Waals surface area contributed by atoms with E-state index >= 15 is 0 Å². The van der Waals surface area contributed by atoms with Crippen molar-refractivity contribution < 1.29 is 4.74 Å². The molecule has 1 atom stereocenters. The zero-order valence-electron chi connectivity index (χ0n) is 10.6. The largest absolute Gasteiger partial charge is 0.381 e. The van der Waals surface area contributed by atoms with Crippen LogP contribution in [0.4, 0.5) is 0 Å². The average Bonchev–Trinajstić information content (AvgIpc) is 2.38. The van der Waals surface area contributed by atoms with Gasteiger partial charge >= 0.3 is 0 Å². The van der Waals surface area contributed by atoms with E-state index < -0.39 is 0 Å². The molecule has 3 heteroatoms. The van der Waals surface area contributed by atoms with Crippen LogP contribution in [0.2, 0.25) is 0 Å². The van der Waals surface area contributed by atoms with Gasteiger partial charge in [-0.2, -0.15) is 0 Å². The van der Waals surface area contributed by atoms with E-state index in [0.717, 1.165) is 31.7 Å². The van der Waals surface area contributed by atoms with Crippen LogP contribution in [0.1, 0.15) is 32.6 Å². The summed E-state index contributed by atoms with van der Waals surface area (Å²) < 4.78 is 5.44. The highest BCUT2D eigenvalue weighted by Crippen LogP contribution is 2.22. The summed E-state index contributed by atoms with van der Waals surface area (Å²) in [6.45, 7) is 9.06. The molecule has 3 nitrogen and oxygen atoms in total. The van der Waals surface area contributed by atoms with Gasteiger partial charge in [0, 0.05) is 25.8 Å². The first kappa shape index (κ1) is 12.3. The molecule has 2 saturated heterocycles. The SMILES string of the molecule is CCNCC1CCCN(C2CCOCC2)C1. The lowest BCUT2D eigenvalue weighted by molar-refractivity contribution is 0.0179. The lowest BCUT2D eigenvalue weighted by Crippen LogP contribution is -2.47. The molecule has 1 N–H and O–H groups in total. The molecule has 1 unspecified atom stereocenters. The van der Waals surface area contributed by atoms with Gasteiger partial charge in [-0.1, -0.05) is 6.92 Å². The number of likely N-dealkylation sites (tertiary alicyclic amines) is 1. The van der Waals surface area contributed by atoms with Gasteiger partial charge in [0.05, 0.1) is 0 Å². The lowest BCUT2D eigenvalue weighted by atomic mass is 9.95. The van der Waals surface area contributed by atoms with Crippen molar-refractivity contribution in [1.29, 1.82) is 0 Å². The molecule has 0 bridgehead atoms. The summed E-state index contributed by atoms with van der Waals surface area (Å²) in [6, 6.07) is 0.804. The third-order valence-corrected chi connectivity index (χ3v) is 3.94. The van der Waals surface area contributed by atoms with Gasteiger partial charge in [-0.25, -0.2) is 0 Å². The number of hydrogen-bond acceptors (Lipinski definition) is 3. The summed E-state index contributed by atoms with van der Waals surface area (Å²) in [7, 11) is 0. The van der Waals surface area contributed by atoms with Gasteiger partial charge in [-0.15, -0.1) is 0 Å². The predicted octanol–water partition coefficient (Wildman–Crippen LogP) is 1.49. The van der Waals surface area contributed by atoms with Gasteiger partial charge in [0.25, 0.3) is 0 Å². The maximum Gasteiger partial charge on any atom is 0.0480 e. The van der Waals surface area contributed by atoms with E-state index in [2.05, 4.69) is 17.1 Å². The Kier molecular flexibility index (Phi) is 5.07. The third-order valence-electron chi connectivity index (χ3n) is 3.94. The highest BCUT2D eigenvalue weighted by molar-refractivity contribution is 4.81. The molecule has 0 aromatic rings. The van der Waals surface area contributed by atoms with Gasteiger partial charge in [0.15, 0.2) is 0 Å². The predicted molar refractivity (Wildman–Crippen MR) is 66.7 cm³/mol. The van der Waals surface area contributed by atoms with E-state index in [4.69, 9.17) is 4.74 Å². The topological polar surface area (TPSA) is 24.5 Å². The van der Waals surface area contributed by atoms with E-state index in [1.165, 1.54) is 45.3 Å². The molecule has 0 aliphatic carbocycles. The van der Waals surface area contributed by atoms with Crippen LogP contribution < -0.4 is 5.32 Å². The van der Waals surface area contributed by atoms with E-state index in [0.29, 0.717) is 0 Å². The second kappa shape index (κ2) is 6.58. The molecule has 16 heavy (non-hydrogen) atoms. The molecule has 94 valence electrons. The minimum atomic E-state index is 0.804. The molecular formula is C13H26N2O. The van der Waals surface area contributed by atoms with Gasteiger partial charge in [0.1, 0.15) is 0 Å². The van der Waals surface area contributed by atoms with Crippen molar-refractivity contribution in [1.82, 2.24) is 10.2 Å².